The van der Waals surface area contributed by atoms with Crippen LogP contribution in [0.15, 0.2) is 42.5 Å². The molecule has 144 valence electrons. The van der Waals surface area contributed by atoms with Gasteiger partial charge in [-0.2, -0.15) is 13.2 Å². The Hall–Kier alpha value is -2.29. The van der Waals surface area contributed by atoms with Gasteiger partial charge in [-0.1, -0.05) is 35.3 Å². The highest BCUT2D eigenvalue weighted by atomic mass is 35.5. The molecule has 0 fully saturated rings. The molecule has 0 aliphatic rings. The normalized spacial score (nSPS) is 13.6. The molecule has 1 amide bonds. The first-order valence-corrected chi connectivity index (χ1v) is 8.00. The Labute approximate surface area is 161 Å². The van der Waals surface area contributed by atoms with Gasteiger partial charge >= 0.3 is 12.1 Å². The molecule has 2 N–H and O–H groups in total. The zero-order valence-corrected chi connectivity index (χ0v) is 15.1. The molecule has 0 aliphatic carbocycles. The topological polar surface area (TPSA) is 75.6 Å². The van der Waals surface area contributed by atoms with Crippen LogP contribution in [0.2, 0.25) is 10.0 Å². The SMILES string of the molecule is COC(=O)[C@@](O)(c1ccc(NC(=O)c2ccc(Cl)c(Cl)c2)cc1)C(F)(F)F. The lowest BCUT2D eigenvalue weighted by atomic mass is 9.93. The fourth-order valence-electron chi connectivity index (χ4n) is 2.18. The van der Waals surface area contributed by atoms with E-state index in [1.54, 1.807) is 0 Å². The molecule has 1 atom stereocenters. The lowest BCUT2D eigenvalue weighted by Gasteiger charge is -2.28. The number of anilines is 1. The maximum atomic E-state index is 13.2. The molecule has 0 bridgehead atoms. The van der Waals surface area contributed by atoms with Gasteiger partial charge in [0.1, 0.15) is 0 Å². The molecule has 0 unspecified atom stereocenters. The first-order valence-electron chi connectivity index (χ1n) is 7.25. The summed E-state index contributed by atoms with van der Waals surface area (Å²) in [6.45, 7) is 0. The molecule has 2 aromatic carbocycles. The smallest absolute Gasteiger partial charge is 0.432 e. The van der Waals surface area contributed by atoms with Crippen molar-refractivity contribution in [1.82, 2.24) is 0 Å². The van der Waals surface area contributed by atoms with Gasteiger partial charge in [-0.05, 0) is 30.3 Å². The van der Waals surface area contributed by atoms with Gasteiger partial charge in [0.15, 0.2) is 0 Å². The van der Waals surface area contributed by atoms with Crippen molar-refractivity contribution in [2.75, 3.05) is 12.4 Å². The Morgan fingerprint density at radius 3 is 2.11 bits per heavy atom. The quantitative estimate of drug-likeness (QED) is 0.726. The monoisotopic (exact) mass is 421 g/mol. The summed E-state index contributed by atoms with van der Waals surface area (Å²) in [5.41, 5.74) is -4.28. The maximum Gasteiger partial charge on any atom is 0.432 e. The van der Waals surface area contributed by atoms with Crippen molar-refractivity contribution in [3.05, 3.63) is 63.6 Å². The summed E-state index contributed by atoms with van der Waals surface area (Å²) in [5, 5.41) is 12.7. The summed E-state index contributed by atoms with van der Waals surface area (Å²) in [4.78, 5) is 23.7. The molecule has 0 aliphatic heterocycles. The Bertz CT molecular complexity index is 871. The van der Waals surface area contributed by atoms with Crippen LogP contribution in [0.4, 0.5) is 18.9 Å². The predicted octanol–water partition coefficient (Wildman–Crippen LogP) is 4.17. The summed E-state index contributed by atoms with van der Waals surface area (Å²) < 4.78 is 43.6. The molecule has 0 saturated heterocycles. The molecule has 5 nitrogen and oxygen atoms in total. The van der Waals surface area contributed by atoms with E-state index in [2.05, 4.69) is 10.1 Å². The Morgan fingerprint density at radius 2 is 1.63 bits per heavy atom. The Balaban J connectivity index is 2.27. The van der Waals surface area contributed by atoms with Gasteiger partial charge in [-0.15, -0.1) is 0 Å². The third-order valence-corrected chi connectivity index (χ3v) is 4.37. The van der Waals surface area contributed by atoms with Crippen molar-refractivity contribution >= 4 is 40.8 Å². The number of carbonyl (C=O) groups excluding carboxylic acids is 2. The summed E-state index contributed by atoms with van der Waals surface area (Å²) in [7, 11) is 0.727. The number of carbonyl (C=O) groups is 2. The molecular formula is C17H12Cl2F3NO4. The van der Waals surface area contributed by atoms with E-state index in [0.717, 1.165) is 31.4 Å². The minimum atomic E-state index is -5.30. The molecule has 0 saturated carbocycles. The highest BCUT2D eigenvalue weighted by Crippen LogP contribution is 2.40. The highest BCUT2D eigenvalue weighted by molar-refractivity contribution is 6.42. The third-order valence-electron chi connectivity index (χ3n) is 3.63. The fourth-order valence-corrected chi connectivity index (χ4v) is 2.48. The number of methoxy groups -OCH3 is 1. The van der Waals surface area contributed by atoms with Crippen molar-refractivity contribution in [2.45, 2.75) is 11.8 Å². The number of hydrogen-bond donors (Lipinski definition) is 2. The van der Waals surface area contributed by atoms with Gasteiger partial charge in [0.2, 0.25) is 0 Å². The summed E-state index contributed by atoms with van der Waals surface area (Å²) >= 11 is 11.6. The van der Waals surface area contributed by atoms with E-state index in [9.17, 15) is 27.9 Å². The number of amides is 1. The van der Waals surface area contributed by atoms with Gasteiger partial charge < -0.3 is 15.2 Å². The van der Waals surface area contributed by atoms with Gasteiger partial charge in [-0.25, -0.2) is 4.79 Å². The number of esters is 1. The van der Waals surface area contributed by atoms with Crippen LogP contribution in [-0.2, 0) is 15.1 Å². The van der Waals surface area contributed by atoms with E-state index in [1.165, 1.54) is 18.2 Å². The van der Waals surface area contributed by atoms with Crippen LogP contribution in [-0.4, -0.2) is 30.3 Å². The van der Waals surface area contributed by atoms with E-state index < -0.39 is 29.2 Å². The van der Waals surface area contributed by atoms with E-state index in [1.807, 2.05) is 0 Å². The first-order chi connectivity index (χ1) is 12.5. The van der Waals surface area contributed by atoms with E-state index in [0.29, 0.717) is 0 Å². The minimum absolute atomic E-state index is 0.129. The lowest BCUT2D eigenvalue weighted by Crippen LogP contribution is -2.49. The second kappa shape index (κ2) is 7.75. The number of benzene rings is 2. The lowest BCUT2D eigenvalue weighted by molar-refractivity contribution is -0.266. The fraction of sp³-hybridized carbons (Fsp3) is 0.176. The second-order valence-corrected chi connectivity index (χ2v) is 6.17. The number of nitrogens with one attached hydrogen (secondary N) is 1. The molecule has 0 spiro atoms. The minimum Gasteiger partial charge on any atom is -0.466 e. The van der Waals surface area contributed by atoms with Crippen molar-refractivity contribution in [2.24, 2.45) is 0 Å². The number of aliphatic hydroxyl groups is 1. The van der Waals surface area contributed by atoms with Crippen LogP contribution in [0.3, 0.4) is 0 Å². The molecule has 2 rings (SSSR count). The average Bonchev–Trinajstić information content (AvgIpc) is 2.62. The van der Waals surface area contributed by atoms with Crippen LogP contribution in [0.5, 0.6) is 0 Å². The standard InChI is InChI=1S/C17H12Cl2F3NO4/c1-27-15(25)16(26,17(20,21)22)10-3-5-11(6-4-10)23-14(24)9-2-7-12(18)13(19)8-9/h2-8,26H,1H3,(H,23,24)/t16-/m0/s1. The summed E-state index contributed by atoms with van der Waals surface area (Å²) in [5.74, 6) is -2.46. The highest BCUT2D eigenvalue weighted by Gasteiger charge is 2.62. The molecule has 0 radical (unpaired) electrons. The average molecular weight is 422 g/mol. The molecule has 2 aromatic rings. The number of ether oxygens (including phenoxy) is 1. The van der Waals surface area contributed by atoms with Gasteiger partial charge in [0, 0.05) is 16.8 Å². The molecule has 10 heteroatoms. The van der Waals surface area contributed by atoms with Crippen LogP contribution in [0, 0.1) is 0 Å². The summed E-state index contributed by atoms with van der Waals surface area (Å²) in [6, 6.07) is 8.07. The number of hydrogen-bond acceptors (Lipinski definition) is 4. The van der Waals surface area contributed by atoms with E-state index in [-0.39, 0.29) is 21.3 Å². The van der Waals surface area contributed by atoms with Crippen molar-refractivity contribution < 1.29 is 32.6 Å². The largest absolute Gasteiger partial charge is 0.466 e. The van der Waals surface area contributed by atoms with Crippen molar-refractivity contribution in [1.29, 1.82) is 0 Å². The Kier molecular flexibility index (Phi) is 6.04. The van der Waals surface area contributed by atoms with Crippen LogP contribution >= 0.6 is 23.2 Å². The molecule has 0 heterocycles. The van der Waals surface area contributed by atoms with Gasteiger partial charge in [0.25, 0.3) is 11.5 Å². The number of rotatable bonds is 4. The Morgan fingerprint density at radius 1 is 1.04 bits per heavy atom. The second-order valence-electron chi connectivity index (χ2n) is 5.36. The van der Waals surface area contributed by atoms with Gasteiger partial charge in [-0.3, -0.25) is 4.79 Å². The third kappa shape index (κ3) is 4.18. The molecule has 0 aromatic heterocycles. The molecule has 27 heavy (non-hydrogen) atoms. The number of halogens is 5. The van der Waals surface area contributed by atoms with E-state index >= 15 is 0 Å². The molecular weight excluding hydrogens is 410 g/mol. The number of alkyl halides is 3. The van der Waals surface area contributed by atoms with Gasteiger partial charge in [0.05, 0.1) is 17.2 Å². The van der Waals surface area contributed by atoms with Crippen LogP contribution in [0.1, 0.15) is 15.9 Å². The zero-order chi connectivity index (χ0) is 20.4. The first kappa shape index (κ1) is 21.0. The maximum absolute atomic E-state index is 13.2. The predicted molar refractivity (Wildman–Crippen MR) is 92.8 cm³/mol. The van der Waals surface area contributed by atoms with Crippen LogP contribution in [0.25, 0.3) is 0 Å². The zero-order valence-electron chi connectivity index (χ0n) is 13.6. The van der Waals surface area contributed by atoms with Crippen molar-refractivity contribution in [3.8, 4) is 0 Å². The van der Waals surface area contributed by atoms with Crippen molar-refractivity contribution in [3.63, 3.8) is 0 Å². The summed E-state index contributed by atoms with van der Waals surface area (Å²) in [6.07, 6.45) is -5.30. The van der Waals surface area contributed by atoms with Crippen LogP contribution < -0.4 is 5.32 Å². The van der Waals surface area contributed by atoms with E-state index in [4.69, 9.17) is 23.2 Å².